The largest absolute Gasteiger partial charge is 0.573 e. The van der Waals surface area contributed by atoms with Crippen molar-refractivity contribution in [3.63, 3.8) is 0 Å². The van der Waals surface area contributed by atoms with Crippen LogP contribution in [0.25, 0.3) is 10.9 Å². The molecule has 2 rings (SSSR count). The lowest BCUT2D eigenvalue weighted by atomic mass is 10.2. The summed E-state index contributed by atoms with van der Waals surface area (Å²) in [7, 11) is 1.47. The van der Waals surface area contributed by atoms with Crippen LogP contribution in [0.5, 0.6) is 5.75 Å². The summed E-state index contributed by atoms with van der Waals surface area (Å²) in [6.07, 6.45) is -3.43. The number of halogens is 3. The molecule has 0 aliphatic heterocycles. The molecule has 0 saturated carbocycles. The maximum atomic E-state index is 12.3. The summed E-state index contributed by atoms with van der Waals surface area (Å²) in [6, 6.07) is 3.35. The fourth-order valence-electron chi connectivity index (χ4n) is 2.21. The number of aryl methyl sites for hydroxylation is 1. The highest BCUT2D eigenvalue weighted by Gasteiger charge is 2.31. The van der Waals surface area contributed by atoms with Crippen molar-refractivity contribution in [1.82, 2.24) is 9.13 Å². The molecule has 0 saturated heterocycles. The molecule has 22 heavy (non-hydrogen) atoms. The highest BCUT2D eigenvalue weighted by Crippen LogP contribution is 2.24. The summed E-state index contributed by atoms with van der Waals surface area (Å²) in [5.41, 5.74) is -0.841. The second kappa shape index (κ2) is 5.86. The van der Waals surface area contributed by atoms with Gasteiger partial charge in [-0.2, -0.15) is 0 Å². The molecule has 0 fully saturated rings. The fraction of sp³-hybridized carbons (Fsp3) is 0.429. The van der Waals surface area contributed by atoms with Crippen LogP contribution in [0.2, 0.25) is 0 Å². The molecule has 0 N–H and O–H groups in total. The molecular weight excluding hydrogens is 301 g/mol. The quantitative estimate of drug-likeness (QED) is 0.870. The van der Waals surface area contributed by atoms with Gasteiger partial charge in [0.2, 0.25) is 0 Å². The van der Waals surface area contributed by atoms with E-state index < -0.39 is 23.4 Å². The maximum absolute atomic E-state index is 12.3. The predicted octanol–water partition coefficient (Wildman–Crippen LogP) is 2.40. The van der Waals surface area contributed by atoms with E-state index in [9.17, 15) is 22.8 Å². The number of alkyl halides is 3. The van der Waals surface area contributed by atoms with E-state index in [0.29, 0.717) is 6.42 Å². The zero-order valence-corrected chi connectivity index (χ0v) is 12.1. The first-order chi connectivity index (χ1) is 10.2. The topological polar surface area (TPSA) is 53.2 Å². The number of rotatable bonds is 4. The first-order valence-corrected chi connectivity index (χ1v) is 6.74. The van der Waals surface area contributed by atoms with E-state index in [1.165, 1.54) is 17.7 Å². The summed E-state index contributed by atoms with van der Waals surface area (Å²) < 4.78 is 42.9. The molecule has 1 aromatic carbocycles. The van der Waals surface area contributed by atoms with Crippen LogP contribution in [0.15, 0.2) is 27.8 Å². The van der Waals surface area contributed by atoms with Gasteiger partial charge in [0, 0.05) is 13.6 Å². The van der Waals surface area contributed by atoms with Crippen LogP contribution in [0.4, 0.5) is 13.2 Å². The minimum atomic E-state index is -4.84. The smallest absolute Gasteiger partial charge is 0.406 e. The van der Waals surface area contributed by atoms with Crippen molar-refractivity contribution in [3.8, 4) is 5.75 Å². The highest BCUT2D eigenvalue weighted by atomic mass is 19.4. The Labute approximate surface area is 123 Å². The molecule has 0 radical (unpaired) electrons. The van der Waals surface area contributed by atoms with Gasteiger partial charge in [-0.1, -0.05) is 13.3 Å². The van der Waals surface area contributed by atoms with Crippen LogP contribution in [-0.4, -0.2) is 15.5 Å². The van der Waals surface area contributed by atoms with E-state index in [0.717, 1.165) is 23.1 Å². The lowest BCUT2D eigenvalue weighted by Gasteiger charge is -2.12. The summed E-state index contributed by atoms with van der Waals surface area (Å²) in [4.78, 5) is 24.5. The Kier molecular flexibility index (Phi) is 4.30. The minimum Gasteiger partial charge on any atom is -0.406 e. The fourth-order valence-corrected chi connectivity index (χ4v) is 2.21. The second-order valence-corrected chi connectivity index (χ2v) is 4.88. The Morgan fingerprint density at radius 1 is 1.23 bits per heavy atom. The molecule has 8 heteroatoms. The number of unbranched alkanes of at least 4 members (excludes halogenated alkanes) is 1. The van der Waals surface area contributed by atoms with E-state index in [2.05, 4.69) is 4.74 Å². The van der Waals surface area contributed by atoms with Gasteiger partial charge in [0.05, 0.1) is 10.9 Å². The molecule has 2 aromatic rings. The van der Waals surface area contributed by atoms with Crippen molar-refractivity contribution in [1.29, 1.82) is 0 Å². The zero-order chi connectivity index (χ0) is 16.5. The van der Waals surface area contributed by atoms with Crippen LogP contribution in [0.3, 0.4) is 0 Å². The third kappa shape index (κ3) is 3.15. The summed E-state index contributed by atoms with van der Waals surface area (Å²) in [5.74, 6) is -0.488. The molecule has 1 heterocycles. The average Bonchev–Trinajstić information content (AvgIpc) is 2.43. The first-order valence-electron chi connectivity index (χ1n) is 6.74. The van der Waals surface area contributed by atoms with Crippen LogP contribution >= 0.6 is 0 Å². The van der Waals surface area contributed by atoms with E-state index in [1.54, 1.807) is 0 Å². The lowest BCUT2D eigenvalue weighted by Crippen LogP contribution is -2.39. The zero-order valence-electron chi connectivity index (χ0n) is 12.1. The van der Waals surface area contributed by atoms with Gasteiger partial charge in [-0.15, -0.1) is 13.2 Å². The van der Waals surface area contributed by atoms with Gasteiger partial charge < -0.3 is 4.74 Å². The maximum Gasteiger partial charge on any atom is 0.573 e. The third-order valence-corrected chi connectivity index (χ3v) is 3.29. The van der Waals surface area contributed by atoms with Crippen molar-refractivity contribution in [2.24, 2.45) is 7.05 Å². The number of hydrogen-bond acceptors (Lipinski definition) is 3. The molecule has 120 valence electrons. The van der Waals surface area contributed by atoms with Gasteiger partial charge in [0.15, 0.2) is 0 Å². The Morgan fingerprint density at radius 3 is 2.50 bits per heavy atom. The average molecular weight is 316 g/mol. The summed E-state index contributed by atoms with van der Waals surface area (Å²) in [5, 5.41) is 0.0138. The number of benzene rings is 1. The molecule has 1 aromatic heterocycles. The molecule has 0 bridgehead atoms. The van der Waals surface area contributed by atoms with Crippen molar-refractivity contribution in [3.05, 3.63) is 39.0 Å². The molecule has 0 atom stereocenters. The van der Waals surface area contributed by atoms with Crippen LogP contribution in [0, 0.1) is 0 Å². The number of fused-ring (bicyclic) bond motifs is 1. The molecule has 0 aliphatic carbocycles. The van der Waals surface area contributed by atoms with Gasteiger partial charge in [-0.3, -0.25) is 13.9 Å². The van der Waals surface area contributed by atoms with E-state index in [-0.39, 0.29) is 17.4 Å². The molecule has 0 spiro atoms. The lowest BCUT2D eigenvalue weighted by molar-refractivity contribution is -0.274. The number of ether oxygens (including phenoxy) is 1. The predicted molar refractivity (Wildman–Crippen MR) is 75.0 cm³/mol. The summed E-state index contributed by atoms with van der Waals surface area (Å²) >= 11 is 0. The summed E-state index contributed by atoms with van der Waals surface area (Å²) in [6.45, 7) is 2.13. The van der Waals surface area contributed by atoms with Crippen LogP contribution < -0.4 is 16.0 Å². The van der Waals surface area contributed by atoms with Crippen molar-refractivity contribution >= 4 is 10.9 Å². The Morgan fingerprint density at radius 2 is 1.91 bits per heavy atom. The normalized spacial score (nSPS) is 11.9. The highest BCUT2D eigenvalue weighted by molar-refractivity contribution is 5.79. The van der Waals surface area contributed by atoms with E-state index in [4.69, 9.17) is 0 Å². The minimum absolute atomic E-state index is 0.0138. The molecule has 5 nitrogen and oxygen atoms in total. The Balaban J connectivity index is 2.65. The monoisotopic (exact) mass is 316 g/mol. The van der Waals surface area contributed by atoms with Crippen molar-refractivity contribution in [2.45, 2.75) is 32.7 Å². The second-order valence-electron chi connectivity index (χ2n) is 4.88. The molecule has 0 unspecified atom stereocenters. The number of aromatic nitrogens is 2. The molecular formula is C14H15F3N2O3. The van der Waals surface area contributed by atoms with Gasteiger partial charge in [0.25, 0.3) is 5.56 Å². The number of nitrogens with zero attached hydrogens (tertiary/aromatic N) is 2. The van der Waals surface area contributed by atoms with Crippen LogP contribution in [-0.2, 0) is 13.6 Å². The first kappa shape index (κ1) is 16.1. The van der Waals surface area contributed by atoms with Gasteiger partial charge in [-0.05, 0) is 24.6 Å². The van der Waals surface area contributed by atoms with E-state index in [1.807, 2.05) is 6.92 Å². The van der Waals surface area contributed by atoms with E-state index >= 15 is 0 Å². The van der Waals surface area contributed by atoms with Crippen molar-refractivity contribution < 1.29 is 17.9 Å². The Bertz CT molecular complexity index is 806. The van der Waals surface area contributed by atoms with Gasteiger partial charge in [-0.25, -0.2) is 4.79 Å². The SMILES string of the molecule is CCCCn1c(=O)c2cc(OC(F)(F)F)ccc2n(C)c1=O. The van der Waals surface area contributed by atoms with Gasteiger partial charge >= 0.3 is 12.1 Å². The molecule has 0 amide bonds. The third-order valence-electron chi connectivity index (χ3n) is 3.29. The van der Waals surface area contributed by atoms with Gasteiger partial charge in [0.1, 0.15) is 5.75 Å². The Hall–Kier alpha value is -2.25. The number of hydrogen-bond donors (Lipinski definition) is 0. The molecule has 0 aliphatic rings. The van der Waals surface area contributed by atoms with Crippen LogP contribution in [0.1, 0.15) is 19.8 Å². The van der Waals surface area contributed by atoms with Crippen molar-refractivity contribution in [2.75, 3.05) is 0 Å². The standard InChI is InChI=1S/C14H15F3N2O3/c1-3-4-7-19-12(20)10-8-9(22-14(15,16)17)5-6-11(10)18(2)13(19)21/h5-6,8H,3-4,7H2,1-2H3.